The average Bonchev–Trinajstić information content (AvgIpc) is 3.21. The zero-order valence-corrected chi connectivity index (χ0v) is 18.0. The van der Waals surface area contributed by atoms with Crippen molar-refractivity contribution < 1.29 is 13.2 Å². The quantitative estimate of drug-likeness (QED) is 0.630. The van der Waals surface area contributed by atoms with Gasteiger partial charge in [0.1, 0.15) is 0 Å². The van der Waals surface area contributed by atoms with E-state index >= 15 is 0 Å². The van der Waals surface area contributed by atoms with Crippen molar-refractivity contribution >= 4 is 38.5 Å². The fourth-order valence-electron chi connectivity index (χ4n) is 3.47. The van der Waals surface area contributed by atoms with Crippen LogP contribution in [0.1, 0.15) is 18.9 Å². The zero-order valence-electron chi connectivity index (χ0n) is 16.3. The van der Waals surface area contributed by atoms with E-state index in [0.717, 1.165) is 21.9 Å². The number of rotatable bonds is 5. The Hall–Kier alpha value is -2.32. The third-order valence-corrected chi connectivity index (χ3v) is 7.87. The Bertz CT molecular complexity index is 1150. The lowest BCUT2D eigenvalue weighted by molar-refractivity contribution is -0.120. The first-order chi connectivity index (χ1) is 13.8. The van der Waals surface area contributed by atoms with Crippen molar-refractivity contribution in [1.82, 2.24) is 14.9 Å². The molecule has 29 heavy (non-hydrogen) atoms. The molecule has 0 radical (unpaired) electrons. The predicted molar refractivity (Wildman–Crippen MR) is 116 cm³/mol. The van der Waals surface area contributed by atoms with Crippen LogP contribution in [0, 0.1) is 6.92 Å². The number of nitrogens with one attached hydrogen (secondary N) is 1. The summed E-state index contributed by atoms with van der Waals surface area (Å²) < 4.78 is 25.3. The minimum atomic E-state index is -3.03. The van der Waals surface area contributed by atoms with Gasteiger partial charge in [0.15, 0.2) is 15.0 Å². The molecule has 1 N–H and O–H groups in total. The van der Waals surface area contributed by atoms with Gasteiger partial charge in [-0.1, -0.05) is 41.6 Å². The Kier molecular flexibility index (Phi) is 5.40. The molecule has 1 saturated heterocycles. The van der Waals surface area contributed by atoms with Gasteiger partial charge in [0.05, 0.1) is 27.8 Å². The van der Waals surface area contributed by atoms with Crippen LogP contribution in [-0.2, 0) is 14.6 Å². The van der Waals surface area contributed by atoms with Crippen LogP contribution in [0.3, 0.4) is 0 Å². The number of imidazole rings is 1. The molecule has 3 aromatic rings. The number of carbonyl (C=O) groups is 1. The van der Waals surface area contributed by atoms with Gasteiger partial charge in [-0.15, -0.1) is 0 Å². The predicted octanol–water partition coefficient (Wildman–Crippen LogP) is 3.12. The highest BCUT2D eigenvalue weighted by Crippen LogP contribution is 2.30. The number of thioether (sulfide) groups is 1. The average molecular weight is 430 g/mol. The minimum absolute atomic E-state index is 0.0258. The van der Waals surface area contributed by atoms with Gasteiger partial charge < -0.3 is 5.32 Å². The van der Waals surface area contributed by atoms with Crippen LogP contribution in [0.5, 0.6) is 0 Å². The Labute approximate surface area is 174 Å². The molecule has 0 spiro atoms. The number of nitrogens with zero attached hydrogens (tertiary/aromatic N) is 2. The third-order valence-electron chi connectivity index (χ3n) is 5.05. The number of aryl methyl sites for hydroxylation is 1. The summed E-state index contributed by atoms with van der Waals surface area (Å²) in [5.41, 5.74) is 4.01. The molecule has 2 aromatic carbocycles. The first-order valence-corrected chi connectivity index (χ1v) is 12.2. The highest BCUT2D eigenvalue weighted by Gasteiger charge is 2.30. The summed E-state index contributed by atoms with van der Waals surface area (Å²) in [4.78, 5) is 17.4. The smallest absolute Gasteiger partial charge is 0.233 e. The number of benzene rings is 2. The van der Waals surface area contributed by atoms with E-state index in [0.29, 0.717) is 6.42 Å². The summed E-state index contributed by atoms with van der Waals surface area (Å²) in [6, 6.07) is 15.8. The summed E-state index contributed by atoms with van der Waals surface area (Å²) in [5.74, 6) is 0.000331. The van der Waals surface area contributed by atoms with Crippen LogP contribution in [-0.4, -0.2) is 46.7 Å². The first kappa shape index (κ1) is 20.0. The molecule has 6 nitrogen and oxygen atoms in total. The minimum Gasteiger partial charge on any atom is -0.351 e. The number of para-hydroxylation sites is 2. The van der Waals surface area contributed by atoms with Crippen molar-refractivity contribution in [2.75, 3.05) is 11.5 Å². The molecule has 0 aliphatic carbocycles. The molecule has 1 fully saturated rings. The van der Waals surface area contributed by atoms with Crippen molar-refractivity contribution in [3.05, 3.63) is 54.1 Å². The van der Waals surface area contributed by atoms with Crippen LogP contribution in [0.4, 0.5) is 0 Å². The Morgan fingerprint density at radius 2 is 1.93 bits per heavy atom. The van der Waals surface area contributed by atoms with E-state index in [9.17, 15) is 13.2 Å². The maximum Gasteiger partial charge on any atom is 0.233 e. The maximum atomic E-state index is 12.7. The summed E-state index contributed by atoms with van der Waals surface area (Å²) in [5, 5.41) is 3.21. The molecule has 4 rings (SSSR count). The molecule has 8 heteroatoms. The fourth-order valence-corrected chi connectivity index (χ4v) is 6.09. The molecule has 0 bridgehead atoms. The van der Waals surface area contributed by atoms with E-state index in [1.165, 1.54) is 17.3 Å². The summed E-state index contributed by atoms with van der Waals surface area (Å²) in [7, 11) is -3.03. The molecule has 1 aromatic heterocycles. The van der Waals surface area contributed by atoms with Crippen molar-refractivity contribution in [3.63, 3.8) is 0 Å². The molecular weight excluding hydrogens is 406 g/mol. The largest absolute Gasteiger partial charge is 0.351 e. The van der Waals surface area contributed by atoms with Crippen molar-refractivity contribution in [2.45, 2.75) is 36.7 Å². The first-order valence-electron chi connectivity index (χ1n) is 9.54. The monoisotopic (exact) mass is 429 g/mol. The number of hydrogen-bond donors (Lipinski definition) is 1. The van der Waals surface area contributed by atoms with Gasteiger partial charge >= 0.3 is 0 Å². The van der Waals surface area contributed by atoms with Gasteiger partial charge in [-0.05, 0) is 44.5 Å². The van der Waals surface area contributed by atoms with Crippen molar-refractivity contribution in [3.8, 4) is 5.69 Å². The molecule has 1 amide bonds. The second-order valence-electron chi connectivity index (χ2n) is 7.42. The van der Waals surface area contributed by atoms with E-state index in [1.54, 1.807) is 0 Å². The Morgan fingerprint density at radius 3 is 2.62 bits per heavy atom. The number of hydrogen-bond acceptors (Lipinski definition) is 5. The standard InChI is InChI=1S/C21H23N3O3S2/c1-14-7-9-17(10-8-14)24-19-6-4-3-5-18(19)23-21(24)28-15(2)20(25)22-16-11-12-29(26,27)13-16/h3-10,15-16H,11-13H2,1-2H3,(H,22,25). The molecule has 1 aliphatic heterocycles. The van der Waals surface area contributed by atoms with Crippen LogP contribution in [0.15, 0.2) is 53.7 Å². The van der Waals surface area contributed by atoms with Crippen LogP contribution < -0.4 is 5.32 Å². The van der Waals surface area contributed by atoms with E-state index in [4.69, 9.17) is 4.98 Å². The molecule has 1 aliphatic rings. The number of amides is 1. The Morgan fingerprint density at radius 1 is 1.21 bits per heavy atom. The van der Waals surface area contributed by atoms with Crippen molar-refractivity contribution in [1.29, 1.82) is 0 Å². The number of carbonyl (C=O) groups excluding carboxylic acids is 1. The van der Waals surface area contributed by atoms with E-state index in [-0.39, 0.29) is 23.5 Å². The highest BCUT2D eigenvalue weighted by atomic mass is 32.2. The number of sulfone groups is 1. The second-order valence-corrected chi connectivity index (χ2v) is 11.0. The SMILES string of the molecule is Cc1ccc(-n2c(SC(C)C(=O)NC3CCS(=O)(=O)C3)nc3ccccc32)cc1. The summed E-state index contributed by atoms with van der Waals surface area (Å²) >= 11 is 1.38. The lowest BCUT2D eigenvalue weighted by atomic mass is 10.2. The lowest BCUT2D eigenvalue weighted by Crippen LogP contribution is -2.40. The van der Waals surface area contributed by atoms with Gasteiger partial charge in [0.25, 0.3) is 0 Å². The number of aromatic nitrogens is 2. The van der Waals surface area contributed by atoms with Gasteiger partial charge in [-0.25, -0.2) is 13.4 Å². The molecule has 2 atom stereocenters. The van der Waals surface area contributed by atoms with Gasteiger partial charge in [-0.2, -0.15) is 0 Å². The van der Waals surface area contributed by atoms with Crippen LogP contribution in [0.2, 0.25) is 0 Å². The highest BCUT2D eigenvalue weighted by molar-refractivity contribution is 8.00. The molecule has 0 saturated carbocycles. The molecule has 2 unspecified atom stereocenters. The van der Waals surface area contributed by atoms with Crippen LogP contribution >= 0.6 is 11.8 Å². The molecular formula is C21H23N3O3S2. The van der Waals surface area contributed by atoms with Crippen LogP contribution in [0.25, 0.3) is 16.7 Å². The van der Waals surface area contributed by atoms with E-state index in [2.05, 4.69) is 22.0 Å². The Balaban J connectivity index is 1.59. The second kappa shape index (κ2) is 7.84. The third kappa shape index (κ3) is 4.33. The van der Waals surface area contributed by atoms with Gasteiger partial charge in [-0.3, -0.25) is 9.36 Å². The maximum absolute atomic E-state index is 12.7. The number of fused-ring (bicyclic) bond motifs is 1. The zero-order chi connectivity index (χ0) is 20.6. The van der Waals surface area contributed by atoms with E-state index in [1.807, 2.05) is 50.2 Å². The van der Waals surface area contributed by atoms with Gasteiger partial charge in [0.2, 0.25) is 5.91 Å². The van der Waals surface area contributed by atoms with E-state index < -0.39 is 15.1 Å². The molecule has 2 heterocycles. The fraction of sp³-hybridized carbons (Fsp3) is 0.333. The molecule has 152 valence electrons. The summed E-state index contributed by atoms with van der Waals surface area (Å²) in [6.45, 7) is 3.86. The normalized spacial score (nSPS) is 19.3. The summed E-state index contributed by atoms with van der Waals surface area (Å²) in [6.07, 6.45) is 0.480. The van der Waals surface area contributed by atoms with Crippen molar-refractivity contribution in [2.24, 2.45) is 0 Å². The lowest BCUT2D eigenvalue weighted by Gasteiger charge is -2.16. The van der Waals surface area contributed by atoms with Gasteiger partial charge in [0, 0.05) is 11.7 Å². The topological polar surface area (TPSA) is 81.1 Å².